The third-order valence-electron chi connectivity index (χ3n) is 2.96. The van der Waals surface area contributed by atoms with Gasteiger partial charge in [-0.2, -0.15) is 0 Å². The minimum absolute atomic E-state index is 0.140. The largest absolute Gasteiger partial charge is 0.489 e. The maximum absolute atomic E-state index is 5.78. The zero-order valence-electron chi connectivity index (χ0n) is 13.9. The van der Waals surface area contributed by atoms with Crippen LogP contribution in [0.25, 0.3) is 0 Å². The second kappa shape index (κ2) is 12.3. The van der Waals surface area contributed by atoms with E-state index in [0.717, 1.165) is 29.0 Å². The van der Waals surface area contributed by atoms with Gasteiger partial charge in [-0.3, -0.25) is 0 Å². The normalized spacial score (nSPS) is 10.5. The summed E-state index contributed by atoms with van der Waals surface area (Å²) in [5.41, 5.74) is 1.99. The molecule has 0 saturated carbocycles. The lowest BCUT2D eigenvalue weighted by molar-refractivity contribution is 0.174. The summed E-state index contributed by atoms with van der Waals surface area (Å²) in [5.74, 6) is 1.53. The molecular formula is C17H19Cl4NO3. The number of oxime groups is 1. The third kappa shape index (κ3) is 9.26. The lowest BCUT2D eigenvalue weighted by Gasteiger charge is -2.14. The molecule has 25 heavy (non-hydrogen) atoms. The maximum atomic E-state index is 5.78. The topological polar surface area (TPSA) is 40.0 Å². The molecule has 0 amide bonds. The molecule has 0 aliphatic heterocycles. The SMILES string of the molecule is CCc1cc(OCC=C(Cl)Cl)cc(C)c1OCC=NOCC=C(Cl)Cl. The number of rotatable bonds is 10. The fraction of sp³-hybridized carbons (Fsp3) is 0.353. The zero-order chi connectivity index (χ0) is 18.7. The second-order valence-corrected chi connectivity index (χ2v) is 6.79. The van der Waals surface area contributed by atoms with Gasteiger partial charge < -0.3 is 14.3 Å². The van der Waals surface area contributed by atoms with Crippen LogP contribution in [0.1, 0.15) is 18.1 Å². The molecule has 1 rings (SSSR count). The zero-order valence-corrected chi connectivity index (χ0v) is 16.9. The molecule has 0 radical (unpaired) electrons. The molecule has 0 bridgehead atoms. The van der Waals surface area contributed by atoms with Crippen LogP contribution in [0, 0.1) is 6.92 Å². The number of benzene rings is 1. The Bertz CT molecular complexity index is 637. The van der Waals surface area contributed by atoms with Gasteiger partial charge in [0.1, 0.15) is 40.3 Å². The molecule has 1 aromatic carbocycles. The van der Waals surface area contributed by atoms with Crippen LogP contribution in [-0.4, -0.2) is 26.0 Å². The summed E-state index contributed by atoms with van der Waals surface area (Å²) in [5, 5.41) is 3.75. The van der Waals surface area contributed by atoms with Gasteiger partial charge in [-0.25, -0.2) is 0 Å². The van der Waals surface area contributed by atoms with Crippen molar-refractivity contribution in [2.75, 3.05) is 19.8 Å². The number of halogens is 4. The first kappa shape index (κ1) is 22.0. The standard InChI is InChI=1S/C17H19Cl4NO3/c1-3-13-11-14(23-7-4-15(18)19)10-12(2)17(13)24-9-6-22-25-8-5-16(20)21/h4-6,10-11H,3,7-9H2,1-2H3. The molecule has 0 saturated heterocycles. The Morgan fingerprint density at radius 2 is 1.68 bits per heavy atom. The molecule has 4 nitrogen and oxygen atoms in total. The van der Waals surface area contributed by atoms with Crippen molar-refractivity contribution >= 4 is 52.6 Å². The Balaban J connectivity index is 2.62. The summed E-state index contributed by atoms with van der Waals surface area (Å²) in [4.78, 5) is 4.95. The van der Waals surface area contributed by atoms with E-state index in [0.29, 0.717) is 6.61 Å². The highest BCUT2D eigenvalue weighted by Crippen LogP contribution is 2.29. The van der Waals surface area contributed by atoms with Gasteiger partial charge in [0.15, 0.2) is 0 Å². The van der Waals surface area contributed by atoms with Crippen molar-refractivity contribution in [2.45, 2.75) is 20.3 Å². The molecule has 0 N–H and O–H groups in total. The number of aryl methyl sites for hydroxylation is 2. The van der Waals surface area contributed by atoms with Crippen molar-refractivity contribution < 1.29 is 14.3 Å². The van der Waals surface area contributed by atoms with E-state index in [4.69, 9.17) is 60.7 Å². The first-order valence-corrected chi connectivity index (χ1v) is 9.00. The summed E-state index contributed by atoms with van der Waals surface area (Å²) in [6.07, 6.45) is 5.39. The molecule has 138 valence electrons. The minimum atomic E-state index is 0.140. The van der Waals surface area contributed by atoms with Crippen LogP contribution in [0.15, 0.2) is 38.4 Å². The second-order valence-electron chi connectivity index (χ2n) is 4.78. The van der Waals surface area contributed by atoms with Gasteiger partial charge in [0.2, 0.25) is 0 Å². The minimum Gasteiger partial charge on any atom is -0.489 e. The highest BCUT2D eigenvalue weighted by molar-refractivity contribution is 6.56. The first-order chi connectivity index (χ1) is 11.9. The quantitative estimate of drug-likeness (QED) is 0.263. The van der Waals surface area contributed by atoms with Crippen LogP contribution in [-0.2, 0) is 11.3 Å². The van der Waals surface area contributed by atoms with E-state index in [1.54, 1.807) is 6.08 Å². The van der Waals surface area contributed by atoms with Gasteiger partial charge >= 0.3 is 0 Å². The molecule has 0 spiro atoms. The molecule has 0 fully saturated rings. The summed E-state index contributed by atoms with van der Waals surface area (Å²) in [7, 11) is 0. The molecular weight excluding hydrogens is 408 g/mol. The number of nitrogens with zero attached hydrogens (tertiary/aromatic N) is 1. The third-order valence-corrected chi connectivity index (χ3v) is 3.57. The van der Waals surface area contributed by atoms with Crippen LogP contribution < -0.4 is 9.47 Å². The average molecular weight is 427 g/mol. The Morgan fingerprint density at radius 3 is 2.32 bits per heavy atom. The number of ether oxygens (including phenoxy) is 2. The van der Waals surface area contributed by atoms with E-state index in [-0.39, 0.29) is 22.2 Å². The van der Waals surface area contributed by atoms with Crippen LogP contribution >= 0.6 is 46.4 Å². The van der Waals surface area contributed by atoms with E-state index in [2.05, 4.69) is 5.16 Å². The predicted octanol–water partition coefficient (Wildman–Crippen LogP) is 5.96. The summed E-state index contributed by atoms with van der Waals surface area (Å²) in [6, 6.07) is 3.82. The summed E-state index contributed by atoms with van der Waals surface area (Å²) < 4.78 is 11.7. The van der Waals surface area contributed by atoms with Crippen molar-refractivity contribution in [1.29, 1.82) is 0 Å². The fourth-order valence-corrected chi connectivity index (χ4v) is 2.16. The van der Waals surface area contributed by atoms with Crippen LogP contribution in [0.2, 0.25) is 0 Å². The monoisotopic (exact) mass is 425 g/mol. The highest BCUT2D eigenvalue weighted by Gasteiger charge is 2.09. The molecule has 0 aliphatic carbocycles. The molecule has 0 atom stereocenters. The summed E-state index contributed by atoms with van der Waals surface area (Å²) >= 11 is 22.0. The van der Waals surface area contributed by atoms with E-state index >= 15 is 0 Å². The van der Waals surface area contributed by atoms with E-state index < -0.39 is 0 Å². The molecule has 0 heterocycles. The van der Waals surface area contributed by atoms with Crippen molar-refractivity contribution in [3.8, 4) is 11.5 Å². The van der Waals surface area contributed by atoms with Gasteiger partial charge in [0, 0.05) is 0 Å². The number of hydrogen-bond donors (Lipinski definition) is 0. The first-order valence-electron chi connectivity index (χ1n) is 7.49. The van der Waals surface area contributed by atoms with E-state index in [1.807, 2.05) is 26.0 Å². The maximum Gasteiger partial charge on any atom is 0.138 e. The summed E-state index contributed by atoms with van der Waals surface area (Å²) in [6.45, 7) is 4.77. The predicted molar refractivity (Wildman–Crippen MR) is 106 cm³/mol. The van der Waals surface area contributed by atoms with Crippen LogP contribution in [0.4, 0.5) is 0 Å². The Hall–Kier alpha value is -1.07. The van der Waals surface area contributed by atoms with Gasteiger partial charge in [-0.1, -0.05) is 58.5 Å². The van der Waals surface area contributed by atoms with Crippen LogP contribution in [0.3, 0.4) is 0 Å². The van der Waals surface area contributed by atoms with E-state index in [9.17, 15) is 0 Å². The molecule has 0 unspecified atom stereocenters. The Morgan fingerprint density at radius 1 is 1.00 bits per heavy atom. The molecule has 1 aromatic rings. The van der Waals surface area contributed by atoms with Gasteiger partial charge in [0.25, 0.3) is 0 Å². The van der Waals surface area contributed by atoms with E-state index in [1.165, 1.54) is 12.3 Å². The fourth-order valence-electron chi connectivity index (χ4n) is 1.91. The van der Waals surface area contributed by atoms with Gasteiger partial charge in [0.05, 0.1) is 6.21 Å². The van der Waals surface area contributed by atoms with Crippen LogP contribution in [0.5, 0.6) is 11.5 Å². The van der Waals surface area contributed by atoms with Crippen molar-refractivity contribution in [3.63, 3.8) is 0 Å². The molecule has 0 aromatic heterocycles. The van der Waals surface area contributed by atoms with Crippen molar-refractivity contribution in [2.24, 2.45) is 5.16 Å². The molecule has 0 aliphatic rings. The number of hydrogen-bond acceptors (Lipinski definition) is 4. The van der Waals surface area contributed by atoms with Gasteiger partial charge in [-0.15, -0.1) is 0 Å². The lowest BCUT2D eigenvalue weighted by atomic mass is 10.1. The van der Waals surface area contributed by atoms with Crippen molar-refractivity contribution in [1.82, 2.24) is 0 Å². The Labute approximate surface area is 167 Å². The smallest absolute Gasteiger partial charge is 0.138 e. The average Bonchev–Trinajstić information content (AvgIpc) is 2.54. The highest BCUT2D eigenvalue weighted by atomic mass is 35.5. The Kier molecular flexibility index (Phi) is 10.8. The lowest BCUT2D eigenvalue weighted by Crippen LogP contribution is -2.04. The van der Waals surface area contributed by atoms with Gasteiger partial charge in [-0.05, 0) is 48.8 Å². The molecule has 8 heteroatoms. The van der Waals surface area contributed by atoms with Crippen molar-refractivity contribution in [3.05, 3.63) is 44.4 Å².